The molecular weight excluding hydrogens is 375 g/mol. The van der Waals surface area contributed by atoms with Crippen LogP contribution in [0.25, 0.3) is 11.1 Å². The summed E-state index contributed by atoms with van der Waals surface area (Å²) in [5.74, 6) is 0.723. The van der Waals surface area contributed by atoms with Crippen LogP contribution in [0.15, 0.2) is 59.5 Å². The summed E-state index contributed by atoms with van der Waals surface area (Å²) in [5.41, 5.74) is 1.58. The van der Waals surface area contributed by atoms with Crippen molar-refractivity contribution >= 4 is 23.2 Å². The van der Waals surface area contributed by atoms with Gasteiger partial charge in [0.1, 0.15) is 12.4 Å². The molecule has 0 fully saturated rings. The first-order valence-electron chi connectivity index (χ1n) is 8.01. The maximum atomic E-state index is 11.3. The van der Waals surface area contributed by atoms with Crippen molar-refractivity contribution in [2.24, 2.45) is 0 Å². The van der Waals surface area contributed by atoms with E-state index in [9.17, 15) is 4.79 Å². The van der Waals surface area contributed by atoms with E-state index in [1.807, 2.05) is 30.3 Å². The van der Waals surface area contributed by atoms with E-state index in [0.717, 1.165) is 16.9 Å². The second kappa shape index (κ2) is 7.02. The van der Waals surface area contributed by atoms with Crippen LogP contribution in [0.2, 0.25) is 10.0 Å². The van der Waals surface area contributed by atoms with Gasteiger partial charge in [-0.15, -0.1) is 0 Å². The molecule has 4 rings (SSSR count). The van der Waals surface area contributed by atoms with E-state index in [1.54, 1.807) is 22.9 Å². The van der Waals surface area contributed by atoms with Crippen molar-refractivity contribution in [3.8, 4) is 22.9 Å². The number of hydrogen-bond donors (Lipinski definition) is 0. The van der Waals surface area contributed by atoms with E-state index < -0.39 is 0 Å². The summed E-state index contributed by atoms with van der Waals surface area (Å²) in [5, 5.41) is 1.21. The van der Waals surface area contributed by atoms with Gasteiger partial charge in [-0.05, 0) is 29.8 Å². The van der Waals surface area contributed by atoms with E-state index in [0.29, 0.717) is 29.2 Å². The molecule has 1 unspecified atom stereocenters. The minimum Gasteiger partial charge on any atom is -0.490 e. The molecule has 3 aromatic rings. The first kappa shape index (κ1) is 16.9. The number of aromatic nitrogens is 2. The van der Waals surface area contributed by atoms with Crippen molar-refractivity contribution in [3.63, 3.8) is 0 Å². The van der Waals surface area contributed by atoms with E-state index in [-0.39, 0.29) is 11.7 Å². The second-order valence-electron chi connectivity index (χ2n) is 5.90. The summed E-state index contributed by atoms with van der Waals surface area (Å²) in [6, 6.07) is 14.8. The number of ether oxygens (including phenoxy) is 2. The number of nitrogens with zero attached hydrogens (tertiary/aromatic N) is 2. The maximum Gasteiger partial charge on any atom is 0.300 e. The molecule has 0 amide bonds. The molecule has 0 aliphatic carbocycles. The highest BCUT2D eigenvalue weighted by atomic mass is 35.5. The van der Waals surface area contributed by atoms with Crippen molar-refractivity contribution < 1.29 is 9.47 Å². The van der Waals surface area contributed by atoms with E-state index in [4.69, 9.17) is 32.7 Å². The Labute approximate surface area is 159 Å². The molecule has 1 aliphatic heterocycles. The van der Waals surface area contributed by atoms with Crippen LogP contribution in [0.1, 0.15) is 0 Å². The predicted octanol–water partition coefficient (Wildman–Crippen LogP) is 4.06. The summed E-state index contributed by atoms with van der Waals surface area (Å²) in [6.07, 6.45) is 1.49. The normalized spacial score (nSPS) is 15.4. The lowest BCUT2D eigenvalue weighted by Crippen LogP contribution is -2.23. The molecule has 1 aliphatic rings. The smallest absolute Gasteiger partial charge is 0.300 e. The molecule has 132 valence electrons. The van der Waals surface area contributed by atoms with Crippen LogP contribution in [0, 0.1) is 0 Å². The fourth-order valence-corrected chi connectivity index (χ4v) is 3.30. The van der Waals surface area contributed by atoms with Gasteiger partial charge >= 0.3 is 0 Å². The summed E-state index contributed by atoms with van der Waals surface area (Å²) < 4.78 is 13.2. The first-order valence-corrected chi connectivity index (χ1v) is 8.76. The van der Waals surface area contributed by atoms with Gasteiger partial charge in [-0.1, -0.05) is 41.4 Å². The van der Waals surface area contributed by atoms with Gasteiger partial charge in [-0.25, -0.2) is 0 Å². The van der Waals surface area contributed by atoms with E-state index >= 15 is 0 Å². The van der Waals surface area contributed by atoms with Crippen molar-refractivity contribution in [1.29, 1.82) is 0 Å². The van der Waals surface area contributed by atoms with Crippen LogP contribution < -0.4 is 15.0 Å². The lowest BCUT2D eigenvalue weighted by molar-refractivity contribution is 0.143. The highest BCUT2D eigenvalue weighted by molar-refractivity contribution is 6.36. The topological polar surface area (TPSA) is 53.4 Å². The number of hydrogen-bond acceptors (Lipinski definition) is 4. The maximum absolute atomic E-state index is 11.3. The number of rotatable bonds is 4. The molecule has 0 radical (unpaired) electrons. The Morgan fingerprint density at radius 2 is 1.96 bits per heavy atom. The Hall–Kier alpha value is -2.50. The molecule has 26 heavy (non-hydrogen) atoms. The Bertz CT molecular complexity index is 1000. The second-order valence-corrected chi connectivity index (χ2v) is 6.74. The van der Waals surface area contributed by atoms with Crippen LogP contribution in [0.4, 0.5) is 0 Å². The Morgan fingerprint density at radius 1 is 1.15 bits per heavy atom. The first-order chi connectivity index (χ1) is 12.6. The van der Waals surface area contributed by atoms with Crippen LogP contribution in [0.5, 0.6) is 11.8 Å². The molecular formula is C19H14Cl2N2O3. The van der Waals surface area contributed by atoms with E-state index in [1.165, 1.54) is 6.07 Å². The molecule has 0 saturated heterocycles. The van der Waals surface area contributed by atoms with Crippen molar-refractivity contribution in [3.05, 3.63) is 75.1 Å². The average molecular weight is 389 g/mol. The highest BCUT2D eigenvalue weighted by Crippen LogP contribution is 2.31. The third-order valence-electron chi connectivity index (χ3n) is 4.05. The van der Waals surface area contributed by atoms with Gasteiger partial charge in [0.25, 0.3) is 11.6 Å². The number of fused-ring (bicyclic) bond motifs is 1. The Balaban J connectivity index is 1.40. The quantitative estimate of drug-likeness (QED) is 0.676. The molecule has 1 atom stereocenters. The van der Waals surface area contributed by atoms with Crippen molar-refractivity contribution in [1.82, 2.24) is 9.55 Å². The Morgan fingerprint density at radius 3 is 2.73 bits per heavy atom. The van der Waals surface area contributed by atoms with Crippen molar-refractivity contribution in [2.75, 3.05) is 6.61 Å². The molecule has 1 aromatic heterocycles. The van der Waals surface area contributed by atoms with Gasteiger partial charge < -0.3 is 9.47 Å². The molecule has 7 heteroatoms. The summed E-state index contributed by atoms with van der Waals surface area (Å²) in [4.78, 5) is 15.1. The highest BCUT2D eigenvalue weighted by Gasteiger charge is 2.23. The summed E-state index contributed by atoms with van der Waals surface area (Å²) >= 11 is 12.2. The van der Waals surface area contributed by atoms with Crippen LogP contribution >= 0.6 is 23.2 Å². The van der Waals surface area contributed by atoms with Crippen molar-refractivity contribution in [2.45, 2.75) is 12.6 Å². The fourth-order valence-electron chi connectivity index (χ4n) is 2.78. The predicted molar refractivity (Wildman–Crippen MR) is 100 cm³/mol. The SMILES string of the molecule is O=c1ccn2c(n1)OC(COc1ccc(-c3ccc(Cl)cc3Cl)cc1)C2. The third kappa shape index (κ3) is 3.54. The van der Waals surface area contributed by atoms with Gasteiger partial charge in [0, 0.05) is 27.9 Å². The van der Waals surface area contributed by atoms with Crippen LogP contribution in [0.3, 0.4) is 0 Å². The molecule has 2 heterocycles. The lowest BCUT2D eigenvalue weighted by atomic mass is 10.1. The zero-order chi connectivity index (χ0) is 18.1. The van der Waals surface area contributed by atoms with Gasteiger partial charge in [-0.3, -0.25) is 9.36 Å². The average Bonchev–Trinajstić information content (AvgIpc) is 3.02. The molecule has 5 nitrogen and oxygen atoms in total. The van der Waals surface area contributed by atoms with Crippen LogP contribution in [-0.2, 0) is 6.54 Å². The molecule has 0 saturated carbocycles. The molecule has 0 bridgehead atoms. The van der Waals surface area contributed by atoms with Crippen LogP contribution in [-0.4, -0.2) is 22.3 Å². The van der Waals surface area contributed by atoms with Gasteiger partial charge in [-0.2, -0.15) is 4.98 Å². The minimum atomic E-state index is -0.311. The summed E-state index contributed by atoms with van der Waals surface area (Å²) in [7, 11) is 0. The minimum absolute atomic E-state index is 0.185. The van der Waals surface area contributed by atoms with Gasteiger partial charge in [0.15, 0.2) is 6.10 Å². The standard InChI is InChI=1S/C19H14Cl2N2O3/c20-13-3-6-16(17(21)9-13)12-1-4-14(5-2-12)25-11-15-10-23-8-7-18(24)22-19(23)26-15/h1-9,15H,10-11H2. The van der Waals surface area contributed by atoms with Gasteiger partial charge in [0.2, 0.25) is 0 Å². The zero-order valence-corrected chi connectivity index (χ0v) is 15.1. The fraction of sp³-hybridized carbons (Fsp3) is 0.158. The molecule has 2 aromatic carbocycles. The molecule has 0 N–H and O–H groups in total. The van der Waals surface area contributed by atoms with E-state index in [2.05, 4.69) is 4.98 Å². The third-order valence-corrected chi connectivity index (χ3v) is 4.60. The largest absolute Gasteiger partial charge is 0.490 e. The zero-order valence-electron chi connectivity index (χ0n) is 13.6. The van der Waals surface area contributed by atoms with Gasteiger partial charge in [0.05, 0.1) is 6.54 Å². The lowest BCUT2D eigenvalue weighted by Gasteiger charge is -2.12. The Kier molecular flexibility index (Phi) is 4.57. The number of benzene rings is 2. The molecule has 0 spiro atoms. The summed E-state index contributed by atoms with van der Waals surface area (Å²) in [6.45, 7) is 0.958. The monoisotopic (exact) mass is 388 g/mol. The number of halogens is 2.